The lowest BCUT2D eigenvalue weighted by Gasteiger charge is -1.97. The zero-order valence-corrected chi connectivity index (χ0v) is 7.62. The standard InChI is InChI=1S/C9H7N3O3/c13-8(14)3-6-1-2-11-9(12-6)7-4-10-5-15-7/h1-2,4-5H,3H2,(H,13,14). The molecule has 0 unspecified atom stereocenters. The summed E-state index contributed by atoms with van der Waals surface area (Å²) in [6, 6.07) is 1.55. The Kier molecular flexibility index (Phi) is 2.40. The molecule has 6 heteroatoms. The van der Waals surface area contributed by atoms with Gasteiger partial charge >= 0.3 is 5.97 Å². The molecule has 2 heterocycles. The lowest BCUT2D eigenvalue weighted by molar-refractivity contribution is -0.136. The van der Waals surface area contributed by atoms with Gasteiger partial charge in [0.05, 0.1) is 18.3 Å². The quantitative estimate of drug-likeness (QED) is 0.795. The number of oxazole rings is 1. The molecule has 1 N–H and O–H groups in total. The van der Waals surface area contributed by atoms with Gasteiger partial charge in [-0.15, -0.1) is 0 Å². The van der Waals surface area contributed by atoms with Crippen molar-refractivity contribution in [2.45, 2.75) is 6.42 Å². The summed E-state index contributed by atoms with van der Waals surface area (Å²) in [4.78, 5) is 22.2. The van der Waals surface area contributed by atoms with Crippen molar-refractivity contribution in [3.8, 4) is 11.6 Å². The number of carboxylic acid groups (broad SMARTS) is 1. The first-order valence-electron chi connectivity index (χ1n) is 4.18. The highest BCUT2D eigenvalue weighted by atomic mass is 16.4. The van der Waals surface area contributed by atoms with Crippen LogP contribution in [0, 0.1) is 0 Å². The molecular formula is C9H7N3O3. The van der Waals surface area contributed by atoms with Crippen molar-refractivity contribution in [3.05, 3.63) is 30.5 Å². The highest BCUT2D eigenvalue weighted by molar-refractivity contribution is 5.69. The van der Waals surface area contributed by atoms with Gasteiger partial charge < -0.3 is 9.52 Å². The van der Waals surface area contributed by atoms with Crippen LogP contribution in [0.2, 0.25) is 0 Å². The Labute approximate surface area is 84.6 Å². The molecule has 2 aromatic heterocycles. The zero-order valence-electron chi connectivity index (χ0n) is 7.62. The molecule has 0 aromatic carbocycles. The minimum absolute atomic E-state index is 0.135. The molecule has 0 bridgehead atoms. The minimum Gasteiger partial charge on any atom is -0.481 e. The van der Waals surface area contributed by atoms with Gasteiger partial charge in [-0.3, -0.25) is 4.79 Å². The number of nitrogens with zero attached hydrogens (tertiary/aromatic N) is 3. The summed E-state index contributed by atoms with van der Waals surface area (Å²) in [5.41, 5.74) is 0.434. The SMILES string of the molecule is O=C(O)Cc1ccnc(-c2cnco2)n1. The first-order chi connectivity index (χ1) is 7.25. The molecule has 0 spiro atoms. The molecule has 0 atom stereocenters. The molecule has 76 valence electrons. The molecule has 0 aliphatic heterocycles. The van der Waals surface area contributed by atoms with E-state index < -0.39 is 5.97 Å². The molecule has 0 aliphatic carbocycles. The topological polar surface area (TPSA) is 89.1 Å². The Bertz CT molecular complexity index is 467. The lowest BCUT2D eigenvalue weighted by Crippen LogP contribution is -2.03. The van der Waals surface area contributed by atoms with Crippen LogP contribution >= 0.6 is 0 Å². The van der Waals surface area contributed by atoms with Crippen LogP contribution in [0.4, 0.5) is 0 Å². The van der Waals surface area contributed by atoms with Crippen LogP contribution in [0.5, 0.6) is 0 Å². The number of rotatable bonds is 3. The summed E-state index contributed by atoms with van der Waals surface area (Å²) < 4.78 is 5.00. The van der Waals surface area contributed by atoms with Crippen LogP contribution in [-0.2, 0) is 11.2 Å². The van der Waals surface area contributed by atoms with E-state index in [0.29, 0.717) is 17.3 Å². The summed E-state index contributed by atoms with van der Waals surface area (Å²) in [6.07, 6.45) is 4.09. The van der Waals surface area contributed by atoms with Crippen molar-refractivity contribution in [3.63, 3.8) is 0 Å². The van der Waals surface area contributed by atoms with E-state index in [4.69, 9.17) is 9.52 Å². The van der Waals surface area contributed by atoms with Crippen molar-refractivity contribution in [1.29, 1.82) is 0 Å². The first kappa shape index (κ1) is 9.32. The fourth-order valence-electron chi connectivity index (χ4n) is 1.09. The average molecular weight is 205 g/mol. The molecule has 2 rings (SSSR count). The molecule has 0 saturated heterocycles. The van der Waals surface area contributed by atoms with Crippen molar-refractivity contribution < 1.29 is 14.3 Å². The maximum atomic E-state index is 10.5. The van der Waals surface area contributed by atoms with Gasteiger partial charge in [0.25, 0.3) is 0 Å². The van der Waals surface area contributed by atoms with E-state index in [0.717, 1.165) is 0 Å². The highest BCUT2D eigenvalue weighted by Gasteiger charge is 2.07. The Balaban J connectivity index is 2.31. The smallest absolute Gasteiger partial charge is 0.309 e. The van der Waals surface area contributed by atoms with Crippen LogP contribution in [0.1, 0.15) is 5.69 Å². The third-order valence-corrected chi connectivity index (χ3v) is 1.70. The average Bonchev–Trinajstić information content (AvgIpc) is 2.69. The van der Waals surface area contributed by atoms with Gasteiger partial charge in [-0.05, 0) is 6.07 Å². The fourth-order valence-corrected chi connectivity index (χ4v) is 1.09. The Hall–Kier alpha value is -2.24. The number of carboxylic acids is 1. The third kappa shape index (κ3) is 2.16. The van der Waals surface area contributed by atoms with Gasteiger partial charge in [0.15, 0.2) is 18.0 Å². The Morgan fingerprint density at radius 1 is 1.53 bits per heavy atom. The van der Waals surface area contributed by atoms with Crippen LogP contribution in [0.15, 0.2) is 29.3 Å². The maximum Gasteiger partial charge on any atom is 0.309 e. The van der Waals surface area contributed by atoms with Gasteiger partial charge in [0.1, 0.15) is 0 Å². The monoisotopic (exact) mass is 205 g/mol. The normalized spacial score (nSPS) is 10.1. The van der Waals surface area contributed by atoms with E-state index >= 15 is 0 Å². The molecular weight excluding hydrogens is 198 g/mol. The number of aliphatic carboxylic acids is 1. The molecule has 15 heavy (non-hydrogen) atoms. The predicted octanol–water partition coefficient (Wildman–Crippen LogP) is 0.759. The molecule has 6 nitrogen and oxygen atoms in total. The van der Waals surface area contributed by atoms with E-state index in [2.05, 4.69) is 15.0 Å². The number of aromatic nitrogens is 3. The first-order valence-corrected chi connectivity index (χ1v) is 4.18. The van der Waals surface area contributed by atoms with Crippen LogP contribution in [-0.4, -0.2) is 26.0 Å². The summed E-state index contributed by atoms with van der Waals surface area (Å²) in [6.45, 7) is 0. The van der Waals surface area contributed by atoms with E-state index in [9.17, 15) is 4.79 Å². The van der Waals surface area contributed by atoms with Gasteiger partial charge in [-0.2, -0.15) is 0 Å². The summed E-state index contributed by atoms with van der Waals surface area (Å²) >= 11 is 0. The zero-order chi connectivity index (χ0) is 10.7. The second-order valence-electron chi connectivity index (χ2n) is 2.81. The Morgan fingerprint density at radius 2 is 2.40 bits per heavy atom. The number of carbonyl (C=O) groups is 1. The summed E-state index contributed by atoms with van der Waals surface area (Å²) in [7, 11) is 0. The van der Waals surface area contributed by atoms with Crippen molar-refractivity contribution >= 4 is 5.97 Å². The summed E-state index contributed by atoms with van der Waals surface area (Å²) in [5, 5.41) is 8.59. The second kappa shape index (κ2) is 3.87. The second-order valence-corrected chi connectivity index (χ2v) is 2.81. The molecule has 0 radical (unpaired) electrons. The van der Waals surface area contributed by atoms with Crippen LogP contribution < -0.4 is 0 Å². The molecule has 0 aliphatic rings. The molecule has 0 amide bonds. The minimum atomic E-state index is -0.933. The van der Waals surface area contributed by atoms with Gasteiger partial charge in [0, 0.05) is 6.20 Å². The fraction of sp³-hybridized carbons (Fsp3) is 0.111. The third-order valence-electron chi connectivity index (χ3n) is 1.70. The van der Waals surface area contributed by atoms with Crippen molar-refractivity contribution in [2.75, 3.05) is 0 Å². The van der Waals surface area contributed by atoms with Gasteiger partial charge in [-0.25, -0.2) is 15.0 Å². The molecule has 2 aromatic rings. The van der Waals surface area contributed by atoms with E-state index in [1.54, 1.807) is 6.07 Å². The molecule has 0 saturated carbocycles. The van der Waals surface area contributed by atoms with E-state index in [1.807, 2.05) is 0 Å². The van der Waals surface area contributed by atoms with Gasteiger partial charge in [0.2, 0.25) is 0 Å². The predicted molar refractivity (Wildman–Crippen MR) is 48.9 cm³/mol. The van der Waals surface area contributed by atoms with Crippen LogP contribution in [0.25, 0.3) is 11.6 Å². The largest absolute Gasteiger partial charge is 0.481 e. The Morgan fingerprint density at radius 3 is 3.07 bits per heavy atom. The number of hydrogen-bond acceptors (Lipinski definition) is 5. The summed E-state index contributed by atoms with van der Waals surface area (Å²) in [5.74, 6) is -0.175. The lowest BCUT2D eigenvalue weighted by atomic mass is 10.3. The highest BCUT2D eigenvalue weighted by Crippen LogP contribution is 2.12. The van der Waals surface area contributed by atoms with Crippen LogP contribution in [0.3, 0.4) is 0 Å². The number of hydrogen-bond donors (Lipinski definition) is 1. The maximum absolute atomic E-state index is 10.5. The van der Waals surface area contributed by atoms with E-state index in [1.165, 1.54) is 18.8 Å². The van der Waals surface area contributed by atoms with E-state index in [-0.39, 0.29) is 6.42 Å². The van der Waals surface area contributed by atoms with Crippen molar-refractivity contribution in [1.82, 2.24) is 15.0 Å². The van der Waals surface area contributed by atoms with Gasteiger partial charge in [-0.1, -0.05) is 0 Å². The van der Waals surface area contributed by atoms with Crippen molar-refractivity contribution in [2.24, 2.45) is 0 Å². The molecule has 0 fully saturated rings.